The van der Waals surface area contributed by atoms with Gasteiger partial charge in [0.15, 0.2) is 0 Å². The number of carbonyl (C=O) groups excluding carboxylic acids is 1. The van der Waals surface area contributed by atoms with E-state index >= 15 is 0 Å². The maximum absolute atomic E-state index is 12.5. The van der Waals surface area contributed by atoms with E-state index in [2.05, 4.69) is 0 Å². The molecule has 2 aromatic rings. The number of halogens is 3. The van der Waals surface area contributed by atoms with Crippen molar-refractivity contribution < 1.29 is 22.7 Å². The second kappa shape index (κ2) is 5.40. The van der Waals surface area contributed by atoms with E-state index in [1.54, 1.807) is 25.3 Å². The highest BCUT2D eigenvalue weighted by molar-refractivity contribution is 5.88. The molecule has 2 rings (SSSR count). The normalized spacial score (nSPS) is 11.4. The molecule has 0 fully saturated rings. The van der Waals surface area contributed by atoms with E-state index in [1.165, 1.54) is 16.7 Å². The molecule has 1 aromatic carbocycles. The first-order valence-electron chi connectivity index (χ1n) is 5.95. The number of hydrogen-bond donors (Lipinski definition) is 0. The molecular weight excluding hydrogens is 271 g/mol. The number of esters is 1. The molecule has 0 atom stereocenters. The minimum Gasteiger partial charge on any atom is -0.461 e. The lowest BCUT2D eigenvalue weighted by Gasteiger charge is -2.10. The summed E-state index contributed by atoms with van der Waals surface area (Å²) in [6.07, 6.45) is -2.78. The summed E-state index contributed by atoms with van der Waals surface area (Å²) in [6.45, 7) is 1.92. The van der Waals surface area contributed by atoms with Crippen LogP contribution in [0.25, 0.3) is 5.69 Å². The minimum atomic E-state index is -4.38. The molecule has 0 saturated carbocycles. The maximum atomic E-state index is 12.5. The molecule has 0 aliphatic rings. The number of rotatable bonds is 3. The fourth-order valence-electron chi connectivity index (χ4n) is 1.79. The summed E-state index contributed by atoms with van der Waals surface area (Å²) in [4.78, 5) is 11.7. The number of ether oxygens (including phenoxy) is 1. The highest BCUT2D eigenvalue weighted by Gasteiger charge is 2.30. The quantitative estimate of drug-likeness (QED) is 0.805. The topological polar surface area (TPSA) is 31.2 Å². The van der Waals surface area contributed by atoms with Crippen LogP contribution in [0.1, 0.15) is 23.0 Å². The Balaban J connectivity index is 2.33. The zero-order chi connectivity index (χ0) is 14.8. The summed E-state index contributed by atoms with van der Waals surface area (Å²) in [5.74, 6) is -0.516. The molecule has 0 radical (unpaired) electrons. The molecule has 0 aliphatic carbocycles. The van der Waals surface area contributed by atoms with Crippen LogP contribution in [0.5, 0.6) is 0 Å². The lowest BCUT2D eigenvalue weighted by Crippen LogP contribution is -2.11. The first-order valence-corrected chi connectivity index (χ1v) is 5.95. The molecule has 0 aliphatic heterocycles. The molecule has 106 valence electrons. The number of nitrogens with zero attached hydrogens (tertiary/aromatic N) is 1. The van der Waals surface area contributed by atoms with E-state index in [0.717, 1.165) is 12.1 Å². The number of aromatic nitrogens is 1. The SMILES string of the molecule is CCOC(=O)c1cccn1-c1ccc(C(F)(F)F)cc1. The highest BCUT2D eigenvalue weighted by atomic mass is 19.4. The van der Waals surface area contributed by atoms with Crippen LogP contribution < -0.4 is 0 Å². The maximum Gasteiger partial charge on any atom is 0.416 e. The van der Waals surface area contributed by atoms with Crippen molar-refractivity contribution in [2.45, 2.75) is 13.1 Å². The third-order valence-electron chi connectivity index (χ3n) is 2.71. The van der Waals surface area contributed by atoms with Crippen molar-refractivity contribution in [3.63, 3.8) is 0 Å². The summed E-state index contributed by atoms with van der Waals surface area (Å²) >= 11 is 0. The van der Waals surface area contributed by atoms with Gasteiger partial charge in [0.1, 0.15) is 5.69 Å². The summed E-state index contributed by atoms with van der Waals surface area (Å²) in [6, 6.07) is 7.76. The van der Waals surface area contributed by atoms with Crippen molar-refractivity contribution in [2.75, 3.05) is 6.61 Å². The Morgan fingerprint density at radius 1 is 1.20 bits per heavy atom. The number of benzene rings is 1. The van der Waals surface area contributed by atoms with Crippen molar-refractivity contribution in [3.8, 4) is 5.69 Å². The van der Waals surface area contributed by atoms with Gasteiger partial charge >= 0.3 is 12.1 Å². The Kier molecular flexibility index (Phi) is 3.83. The fraction of sp³-hybridized carbons (Fsp3) is 0.214. The van der Waals surface area contributed by atoms with Crippen molar-refractivity contribution in [2.24, 2.45) is 0 Å². The Hall–Kier alpha value is -2.24. The Labute approximate surface area is 113 Å². The lowest BCUT2D eigenvalue weighted by atomic mass is 10.2. The minimum absolute atomic E-state index is 0.233. The van der Waals surface area contributed by atoms with Crippen molar-refractivity contribution in [1.82, 2.24) is 4.57 Å². The Morgan fingerprint density at radius 3 is 2.40 bits per heavy atom. The molecule has 6 heteroatoms. The molecule has 20 heavy (non-hydrogen) atoms. The van der Waals surface area contributed by atoms with E-state index in [1.807, 2.05) is 0 Å². The molecule has 0 bridgehead atoms. The average Bonchev–Trinajstić information content (AvgIpc) is 2.87. The summed E-state index contributed by atoms with van der Waals surface area (Å²) in [5, 5.41) is 0. The third kappa shape index (κ3) is 2.84. The zero-order valence-corrected chi connectivity index (χ0v) is 10.6. The first kappa shape index (κ1) is 14.2. The van der Waals surface area contributed by atoms with Gasteiger partial charge in [0, 0.05) is 11.9 Å². The molecule has 0 amide bonds. The summed E-state index contributed by atoms with van der Waals surface area (Å²) in [5.41, 5.74) is 0.00347. The molecule has 0 unspecified atom stereocenters. The van der Waals surface area contributed by atoms with Crippen LogP contribution in [0.15, 0.2) is 42.6 Å². The Morgan fingerprint density at radius 2 is 1.85 bits per heavy atom. The molecule has 0 N–H and O–H groups in total. The molecule has 1 heterocycles. The second-order valence-corrected chi connectivity index (χ2v) is 4.03. The molecule has 1 aromatic heterocycles. The van der Waals surface area contributed by atoms with Crippen LogP contribution in [-0.2, 0) is 10.9 Å². The lowest BCUT2D eigenvalue weighted by molar-refractivity contribution is -0.137. The van der Waals surface area contributed by atoms with Crippen LogP contribution in [0.3, 0.4) is 0 Å². The first-order chi connectivity index (χ1) is 9.43. The molecule has 0 spiro atoms. The van der Waals surface area contributed by atoms with Crippen LogP contribution in [-0.4, -0.2) is 17.1 Å². The summed E-state index contributed by atoms with van der Waals surface area (Å²) < 4.78 is 43.8. The number of alkyl halides is 3. The van der Waals surface area contributed by atoms with Gasteiger partial charge < -0.3 is 9.30 Å². The monoisotopic (exact) mass is 283 g/mol. The fourth-order valence-corrected chi connectivity index (χ4v) is 1.79. The van der Waals surface area contributed by atoms with Gasteiger partial charge in [0.05, 0.1) is 12.2 Å². The number of hydrogen-bond acceptors (Lipinski definition) is 2. The van der Waals surface area contributed by atoms with E-state index in [0.29, 0.717) is 5.69 Å². The smallest absolute Gasteiger partial charge is 0.416 e. The standard InChI is InChI=1S/C14H12F3NO2/c1-2-20-13(19)12-4-3-9-18(12)11-7-5-10(6-8-11)14(15,16)17/h3-9H,2H2,1H3. The van der Waals surface area contributed by atoms with Crippen LogP contribution in [0.2, 0.25) is 0 Å². The van der Waals surface area contributed by atoms with E-state index in [-0.39, 0.29) is 12.3 Å². The van der Waals surface area contributed by atoms with E-state index < -0.39 is 17.7 Å². The van der Waals surface area contributed by atoms with Crippen LogP contribution >= 0.6 is 0 Å². The van der Waals surface area contributed by atoms with Gasteiger partial charge in [0.2, 0.25) is 0 Å². The van der Waals surface area contributed by atoms with Crippen LogP contribution in [0, 0.1) is 0 Å². The van der Waals surface area contributed by atoms with Gasteiger partial charge in [-0.05, 0) is 43.3 Å². The van der Waals surface area contributed by atoms with Gasteiger partial charge in [-0.15, -0.1) is 0 Å². The van der Waals surface area contributed by atoms with E-state index in [4.69, 9.17) is 4.74 Å². The van der Waals surface area contributed by atoms with Gasteiger partial charge in [-0.25, -0.2) is 4.79 Å². The van der Waals surface area contributed by atoms with E-state index in [9.17, 15) is 18.0 Å². The molecule has 3 nitrogen and oxygen atoms in total. The van der Waals surface area contributed by atoms with Crippen molar-refractivity contribution in [3.05, 3.63) is 53.9 Å². The van der Waals surface area contributed by atoms with Gasteiger partial charge in [0.25, 0.3) is 0 Å². The molecular formula is C14H12F3NO2. The summed E-state index contributed by atoms with van der Waals surface area (Å²) in [7, 11) is 0. The van der Waals surface area contributed by atoms with Gasteiger partial charge in [-0.3, -0.25) is 0 Å². The van der Waals surface area contributed by atoms with Gasteiger partial charge in [-0.1, -0.05) is 0 Å². The third-order valence-corrected chi connectivity index (χ3v) is 2.71. The molecule has 0 saturated heterocycles. The average molecular weight is 283 g/mol. The number of carbonyl (C=O) groups is 1. The van der Waals surface area contributed by atoms with Crippen molar-refractivity contribution >= 4 is 5.97 Å². The predicted molar refractivity (Wildman–Crippen MR) is 66.7 cm³/mol. The Bertz CT molecular complexity index is 600. The van der Waals surface area contributed by atoms with Crippen molar-refractivity contribution in [1.29, 1.82) is 0 Å². The van der Waals surface area contributed by atoms with Crippen LogP contribution in [0.4, 0.5) is 13.2 Å². The largest absolute Gasteiger partial charge is 0.461 e. The van der Waals surface area contributed by atoms with Gasteiger partial charge in [-0.2, -0.15) is 13.2 Å². The zero-order valence-electron chi connectivity index (χ0n) is 10.6. The predicted octanol–water partition coefficient (Wildman–Crippen LogP) is 3.67. The second-order valence-electron chi connectivity index (χ2n) is 4.03. The highest BCUT2D eigenvalue weighted by Crippen LogP contribution is 2.29.